The second-order valence-corrected chi connectivity index (χ2v) is 3.68. The van der Waals surface area contributed by atoms with Crippen molar-refractivity contribution in [3.8, 4) is 6.07 Å². The molecule has 0 radical (unpaired) electrons. The third kappa shape index (κ3) is 2.20. The molecule has 0 unspecified atom stereocenters. The molecule has 0 atom stereocenters. The number of nitrogens with zero attached hydrogens (tertiary/aromatic N) is 2. The van der Waals surface area contributed by atoms with Crippen LogP contribution in [0.25, 0.3) is 0 Å². The summed E-state index contributed by atoms with van der Waals surface area (Å²) in [5, 5.41) is 17.5. The first kappa shape index (κ1) is 11.8. The van der Waals surface area contributed by atoms with E-state index in [-0.39, 0.29) is 11.4 Å². The third-order valence-electron chi connectivity index (χ3n) is 2.43. The van der Waals surface area contributed by atoms with Crippen molar-refractivity contribution in [1.29, 1.82) is 5.26 Å². The Morgan fingerprint density at radius 3 is 3.00 bits per heavy atom. The van der Waals surface area contributed by atoms with Crippen molar-refractivity contribution in [3.05, 3.63) is 46.9 Å². The number of hydrogen-bond donors (Lipinski definition) is 2. The Bertz CT molecular complexity index is 642. The number of aromatic nitrogens is 2. The maximum Gasteiger partial charge on any atom is 0.257 e. The van der Waals surface area contributed by atoms with Crippen LogP contribution in [-0.4, -0.2) is 16.1 Å². The van der Waals surface area contributed by atoms with E-state index in [0.29, 0.717) is 11.1 Å². The summed E-state index contributed by atoms with van der Waals surface area (Å²) in [4.78, 5) is 11.9. The van der Waals surface area contributed by atoms with E-state index in [4.69, 9.17) is 5.26 Å². The maximum absolute atomic E-state index is 12.9. The number of anilines is 1. The number of rotatable bonds is 2. The van der Waals surface area contributed by atoms with E-state index in [0.717, 1.165) is 0 Å². The van der Waals surface area contributed by atoms with Gasteiger partial charge in [-0.2, -0.15) is 10.4 Å². The lowest BCUT2D eigenvalue weighted by atomic mass is 10.1. The third-order valence-corrected chi connectivity index (χ3v) is 2.43. The molecule has 0 spiro atoms. The van der Waals surface area contributed by atoms with Crippen LogP contribution in [0.5, 0.6) is 0 Å². The zero-order chi connectivity index (χ0) is 13.1. The average Bonchev–Trinajstić information content (AvgIpc) is 2.76. The van der Waals surface area contributed by atoms with Crippen LogP contribution in [0.3, 0.4) is 0 Å². The molecule has 1 heterocycles. The Labute approximate surface area is 102 Å². The monoisotopic (exact) mass is 244 g/mol. The fraction of sp³-hybridized carbons (Fsp3) is 0.0833. The number of aromatic amines is 1. The quantitative estimate of drug-likeness (QED) is 0.847. The van der Waals surface area contributed by atoms with E-state index < -0.39 is 11.7 Å². The molecule has 5 nitrogen and oxygen atoms in total. The summed E-state index contributed by atoms with van der Waals surface area (Å²) in [7, 11) is 0. The highest BCUT2D eigenvalue weighted by molar-refractivity contribution is 6.05. The molecule has 0 bridgehead atoms. The highest BCUT2D eigenvalue weighted by Gasteiger charge is 2.13. The summed E-state index contributed by atoms with van der Waals surface area (Å²) >= 11 is 0. The van der Waals surface area contributed by atoms with Crippen LogP contribution >= 0.6 is 0 Å². The molecular weight excluding hydrogens is 235 g/mol. The predicted molar refractivity (Wildman–Crippen MR) is 62.4 cm³/mol. The average molecular weight is 244 g/mol. The fourth-order valence-electron chi connectivity index (χ4n) is 1.53. The van der Waals surface area contributed by atoms with Crippen molar-refractivity contribution < 1.29 is 9.18 Å². The fourth-order valence-corrected chi connectivity index (χ4v) is 1.53. The summed E-state index contributed by atoms with van der Waals surface area (Å²) < 4.78 is 12.9. The highest BCUT2D eigenvalue weighted by Crippen LogP contribution is 2.14. The standard InChI is InChI=1S/C12H9FN4O/c1-7-4-9(13)2-3-10(7)12(18)16-11-8(5-14)6-15-17-11/h2-4,6H,1H3,(H2,15,16,17,18). The van der Waals surface area contributed by atoms with Gasteiger partial charge in [0.25, 0.3) is 5.91 Å². The van der Waals surface area contributed by atoms with Gasteiger partial charge in [0.15, 0.2) is 0 Å². The number of hydrogen-bond acceptors (Lipinski definition) is 3. The van der Waals surface area contributed by atoms with E-state index in [9.17, 15) is 9.18 Å². The zero-order valence-corrected chi connectivity index (χ0v) is 9.49. The van der Waals surface area contributed by atoms with E-state index in [1.165, 1.54) is 24.4 Å². The second kappa shape index (κ2) is 4.67. The van der Waals surface area contributed by atoms with Gasteiger partial charge in [0.2, 0.25) is 0 Å². The lowest BCUT2D eigenvalue weighted by Gasteiger charge is -2.06. The lowest BCUT2D eigenvalue weighted by molar-refractivity contribution is 0.102. The van der Waals surface area contributed by atoms with Crippen molar-refractivity contribution >= 4 is 11.7 Å². The van der Waals surface area contributed by atoms with E-state index in [1.54, 1.807) is 6.92 Å². The smallest absolute Gasteiger partial charge is 0.257 e. The highest BCUT2D eigenvalue weighted by atomic mass is 19.1. The normalized spacial score (nSPS) is 9.83. The van der Waals surface area contributed by atoms with E-state index >= 15 is 0 Å². The molecule has 2 N–H and O–H groups in total. The van der Waals surface area contributed by atoms with Crippen LogP contribution in [0.4, 0.5) is 10.2 Å². The summed E-state index contributed by atoms with van der Waals surface area (Å²) in [5.74, 6) is -0.595. The van der Waals surface area contributed by atoms with Gasteiger partial charge in [-0.15, -0.1) is 0 Å². The van der Waals surface area contributed by atoms with Crippen molar-refractivity contribution in [2.45, 2.75) is 6.92 Å². The van der Waals surface area contributed by atoms with Gasteiger partial charge in [-0.1, -0.05) is 0 Å². The van der Waals surface area contributed by atoms with Crippen molar-refractivity contribution in [3.63, 3.8) is 0 Å². The number of carbonyl (C=O) groups excluding carboxylic acids is 1. The number of amides is 1. The molecule has 0 fully saturated rings. The SMILES string of the molecule is Cc1cc(F)ccc1C(=O)Nc1[nH]ncc1C#N. The first-order chi connectivity index (χ1) is 8.61. The number of benzene rings is 1. The Balaban J connectivity index is 2.25. The van der Waals surface area contributed by atoms with Gasteiger partial charge in [0.05, 0.1) is 6.20 Å². The topological polar surface area (TPSA) is 81.6 Å². The summed E-state index contributed by atoms with van der Waals surface area (Å²) in [5.41, 5.74) is 1.10. The lowest BCUT2D eigenvalue weighted by Crippen LogP contribution is -2.14. The Morgan fingerprint density at radius 2 is 2.33 bits per heavy atom. The predicted octanol–water partition coefficient (Wildman–Crippen LogP) is 1.98. The minimum atomic E-state index is -0.423. The number of nitrogens with one attached hydrogen (secondary N) is 2. The van der Waals surface area contributed by atoms with Gasteiger partial charge in [-0.25, -0.2) is 4.39 Å². The van der Waals surface area contributed by atoms with Crippen LogP contribution in [-0.2, 0) is 0 Å². The summed E-state index contributed by atoms with van der Waals surface area (Å²) in [6.07, 6.45) is 1.31. The Hall–Kier alpha value is -2.68. The first-order valence-corrected chi connectivity index (χ1v) is 5.13. The van der Waals surface area contributed by atoms with Gasteiger partial charge in [0.1, 0.15) is 23.3 Å². The van der Waals surface area contributed by atoms with Crippen molar-refractivity contribution in [1.82, 2.24) is 10.2 Å². The van der Waals surface area contributed by atoms with E-state index in [2.05, 4.69) is 15.5 Å². The van der Waals surface area contributed by atoms with Crippen LogP contribution in [0, 0.1) is 24.1 Å². The molecule has 18 heavy (non-hydrogen) atoms. The molecule has 0 saturated carbocycles. The summed E-state index contributed by atoms with van der Waals surface area (Å²) in [6, 6.07) is 5.76. The number of halogens is 1. The molecule has 2 rings (SSSR count). The maximum atomic E-state index is 12.9. The number of nitriles is 1. The van der Waals surface area contributed by atoms with Crippen LogP contribution in [0.2, 0.25) is 0 Å². The molecule has 0 aliphatic carbocycles. The molecule has 6 heteroatoms. The molecule has 1 aromatic heterocycles. The van der Waals surface area contributed by atoms with Crippen molar-refractivity contribution in [2.75, 3.05) is 5.32 Å². The van der Waals surface area contributed by atoms with Gasteiger partial charge in [0, 0.05) is 5.56 Å². The van der Waals surface area contributed by atoms with Crippen LogP contribution in [0.1, 0.15) is 21.5 Å². The first-order valence-electron chi connectivity index (χ1n) is 5.13. The molecule has 0 saturated heterocycles. The molecule has 1 aromatic carbocycles. The molecule has 90 valence electrons. The second-order valence-electron chi connectivity index (χ2n) is 3.68. The molecule has 1 amide bonds. The van der Waals surface area contributed by atoms with Gasteiger partial charge >= 0.3 is 0 Å². The number of H-pyrrole nitrogens is 1. The molecule has 0 aliphatic heterocycles. The van der Waals surface area contributed by atoms with Gasteiger partial charge in [-0.05, 0) is 30.7 Å². The summed E-state index contributed by atoms with van der Waals surface area (Å²) in [6.45, 7) is 1.64. The minimum Gasteiger partial charge on any atom is -0.306 e. The van der Waals surface area contributed by atoms with Gasteiger partial charge < -0.3 is 5.32 Å². The Morgan fingerprint density at radius 1 is 1.56 bits per heavy atom. The molecule has 0 aliphatic rings. The van der Waals surface area contributed by atoms with Crippen LogP contribution < -0.4 is 5.32 Å². The van der Waals surface area contributed by atoms with Gasteiger partial charge in [-0.3, -0.25) is 9.89 Å². The Kier molecular flexibility index (Phi) is 3.06. The number of aryl methyl sites for hydroxylation is 1. The molecule has 2 aromatic rings. The largest absolute Gasteiger partial charge is 0.306 e. The minimum absolute atomic E-state index is 0.228. The van der Waals surface area contributed by atoms with E-state index in [1.807, 2.05) is 6.07 Å². The molecular formula is C12H9FN4O. The van der Waals surface area contributed by atoms with Crippen molar-refractivity contribution in [2.24, 2.45) is 0 Å². The van der Waals surface area contributed by atoms with Crippen LogP contribution in [0.15, 0.2) is 24.4 Å². The zero-order valence-electron chi connectivity index (χ0n) is 9.49. The number of carbonyl (C=O) groups is 1.